The van der Waals surface area contributed by atoms with Crippen molar-refractivity contribution in [2.75, 3.05) is 0 Å². The molecule has 0 bridgehead atoms. The number of halogens is 6. The van der Waals surface area contributed by atoms with Gasteiger partial charge in [0, 0.05) is 12.0 Å². The fourth-order valence-corrected chi connectivity index (χ4v) is 1.98. The second kappa shape index (κ2) is 4.75. The van der Waals surface area contributed by atoms with E-state index < -0.39 is 36.8 Å². The molecule has 0 amide bonds. The molecule has 0 N–H and O–H groups in total. The summed E-state index contributed by atoms with van der Waals surface area (Å²) in [5, 5.41) is 0. The van der Waals surface area contributed by atoms with Gasteiger partial charge in [-0.15, -0.1) is 0 Å². The highest BCUT2D eigenvalue weighted by Crippen LogP contribution is 2.40. The predicted molar refractivity (Wildman–Crippen MR) is 59.4 cm³/mol. The Bertz CT molecular complexity index is 549. The van der Waals surface area contributed by atoms with Crippen molar-refractivity contribution in [3.63, 3.8) is 0 Å². The summed E-state index contributed by atoms with van der Waals surface area (Å²) in [4.78, 5) is 7.69. The van der Waals surface area contributed by atoms with Crippen molar-refractivity contribution in [2.24, 2.45) is 4.99 Å². The molecule has 0 saturated carbocycles. The van der Waals surface area contributed by atoms with Crippen LogP contribution in [-0.4, -0.2) is 22.8 Å². The van der Waals surface area contributed by atoms with Gasteiger partial charge in [0.25, 0.3) is 0 Å². The first-order valence-electron chi connectivity index (χ1n) is 5.79. The summed E-state index contributed by atoms with van der Waals surface area (Å²) in [5.74, 6) is -5.38. The molecule has 0 aliphatic carbocycles. The van der Waals surface area contributed by atoms with Gasteiger partial charge in [-0.3, -0.25) is 9.98 Å². The van der Waals surface area contributed by atoms with E-state index in [1.807, 2.05) is 0 Å². The summed E-state index contributed by atoms with van der Waals surface area (Å²) in [6.07, 6.45) is -6.67. The first kappa shape index (κ1) is 14.8. The Morgan fingerprint density at radius 3 is 2.45 bits per heavy atom. The summed E-state index contributed by atoms with van der Waals surface area (Å²) >= 11 is 0. The van der Waals surface area contributed by atoms with Crippen molar-refractivity contribution in [3.8, 4) is 0 Å². The minimum absolute atomic E-state index is 0.0522. The zero-order valence-electron chi connectivity index (χ0n) is 10.3. The van der Waals surface area contributed by atoms with Gasteiger partial charge < -0.3 is 0 Å². The van der Waals surface area contributed by atoms with Crippen molar-refractivity contribution >= 4 is 5.71 Å². The molecule has 1 aliphatic rings. The molecule has 2 nitrogen and oxygen atoms in total. The lowest BCUT2D eigenvalue weighted by atomic mass is 10.0. The average Bonchev–Trinajstić information content (AvgIpc) is 2.62. The maximum absolute atomic E-state index is 13.0. The lowest BCUT2D eigenvalue weighted by Gasteiger charge is -2.19. The van der Waals surface area contributed by atoms with Crippen molar-refractivity contribution in [1.29, 1.82) is 0 Å². The minimum atomic E-state index is -5.59. The number of aliphatic imine (C=N–C) groups is 1. The van der Waals surface area contributed by atoms with Crippen LogP contribution in [0.5, 0.6) is 0 Å². The average molecular weight is 296 g/mol. The van der Waals surface area contributed by atoms with Crippen LogP contribution in [0.1, 0.15) is 37.1 Å². The van der Waals surface area contributed by atoms with Crippen LogP contribution < -0.4 is 0 Å². The number of pyridine rings is 1. The predicted octanol–water partition coefficient (Wildman–Crippen LogP) is 4.06. The number of aromatic nitrogens is 1. The Kier molecular flexibility index (Phi) is 3.51. The lowest BCUT2D eigenvalue weighted by Crippen LogP contribution is -2.36. The molecule has 1 aliphatic heterocycles. The van der Waals surface area contributed by atoms with Gasteiger partial charge in [0.1, 0.15) is 5.82 Å². The first-order chi connectivity index (χ1) is 9.12. The van der Waals surface area contributed by atoms with Gasteiger partial charge in [-0.25, -0.2) is 4.39 Å². The zero-order valence-corrected chi connectivity index (χ0v) is 10.3. The molecule has 0 saturated heterocycles. The number of hydrogen-bond acceptors (Lipinski definition) is 2. The third-order valence-corrected chi connectivity index (χ3v) is 3.05. The van der Waals surface area contributed by atoms with Gasteiger partial charge >= 0.3 is 12.1 Å². The Balaban J connectivity index is 2.16. The van der Waals surface area contributed by atoms with Crippen LogP contribution in [0.15, 0.2) is 17.3 Å². The van der Waals surface area contributed by atoms with Crippen LogP contribution in [0, 0.1) is 5.82 Å². The smallest absolute Gasteiger partial charge is 0.280 e. The van der Waals surface area contributed by atoms with E-state index in [-0.39, 0.29) is 11.4 Å². The van der Waals surface area contributed by atoms with Gasteiger partial charge in [0.05, 0.1) is 23.6 Å². The van der Waals surface area contributed by atoms with Gasteiger partial charge in [0.15, 0.2) is 0 Å². The molecular weight excluding hydrogens is 286 g/mol. The van der Waals surface area contributed by atoms with Gasteiger partial charge in [-0.2, -0.15) is 22.0 Å². The highest BCUT2D eigenvalue weighted by molar-refractivity contribution is 6.02. The summed E-state index contributed by atoms with van der Waals surface area (Å²) in [5.41, 5.74) is 0.642. The van der Waals surface area contributed by atoms with Gasteiger partial charge in [0.2, 0.25) is 0 Å². The number of rotatable bonds is 3. The molecule has 0 radical (unpaired) electrons. The molecule has 1 aromatic rings. The molecule has 0 unspecified atom stereocenters. The Labute approximate surface area is 110 Å². The third-order valence-electron chi connectivity index (χ3n) is 3.05. The van der Waals surface area contributed by atoms with Gasteiger partial charge in [-0.1, -0.05) is 0 Å². The van der Waals surface area contributed by atoms with Crippen molar-refractivity contribution in [1.82, 2.24) is 4.98 Å². The molecule has 8 heteroatoms. The summed E-state index contributed by atoms with van der Waals surface area (Å²) < 4.78 is 75.0. The minimum Gasteiger partial charge on any atom is -0.280 e. The highest BCUT2D eigenvalue weighted by atomic mass is 19.4. The fraction of sp³-hybridized carbons (Fsp3) is 0.500. The first-order valence-corrected chi connectivity index (χ1v) is 5.79. The monoisotopic (exact) mass is 296 g/mol. The number of hydrogen-bond donors (Lipinski definition) is 0. The van der Waals surface area contributed by atoms with Gasteiger partial charge in [-0.05, 0) is 19.4 Å². The molecule has 2 heterocycles. The highest BCUT2D eigenvalue weighted by Gasteiger charge is 2.56. The number of nitrogens with zero attached hydrogens (tertiary/aromatic N) is 2. The molecular formula is C12H10F6N2. The van der Waals surface area contributed by atoms with Crippen LogP contribution in [0.4, 0.5) is 26.3 Å². The van der Waals surface area contributed by atoms with E-state index in [1.54, 1.807) is 6.92 Å². The van der Waals surface area contributed by atoms with E-state index in [0.29, 0.717) is 5.56 Å². The SMILES string of the molecule is C[C@H]1N=C(CCC(F)(F)C(F)(F)F)c2ncc(F)cc21. The molecule has 0 spiro atoms. The van der Waals surface area contributed by atoms with E-state index in [2.05, 4.69) is 9.98 Å². The lowest BCUT2D eigenvalue weighted by molar-refractivity contribution is -0.283. The molecule has 2 rings (SSSR count). The van der Waals surface area contributed by atoms with Crippen molar-refractivity contribution in [2.45, 2.75) is 37.9 Å². The van der Waals surface area contributed by atoms with Crippen LogP contribution >= 0.6 is 0 Å². The molecule has 110 valence electrons. The summed E-state index contributed by atoms with van der Waals surface area (Å²) in [6, 6.07) is 0.661. The number of fused-ring (bicyclic) bond motifs is 1. The third kappa shape index (κ3) is 2.64. The topological polar surface area (TPSA) is 25.2 Å². The standard InChI is InChI=1S/C12H10F6N2/c1-6-8-4-7(13)5-19-10(8)9(20-6)2-3-11(14,15)12(16,17)18/h4-6H,2-3H2,1H3/t6-/m1/s1. The largest absolute Gasteiger partial charge is 0.453 e. The van der Waals surface area contributed by atoms with Crippen LogP contribution in [0.3, 0.4) is 0 Å². The second-order valence-electron chi connectivity index (χ2n) is 4.55. The summed E-state index contributed by atoms with van der Waals surface area (Å²) in [6.45, 7) is 1.59. The Morgan fingerprint density at radius 1 is 1.20 bits per heavy atom. The maximum atomic E-state index is 13.0. The van der Waals surface area contributed by atoms with Crippen molar-refractivity contribution < 1.29 is 26.3 Å². The molecule has 20 heavy (non-hydrogen) atoms. The van der Waals surface area contributed by atoms with E-state index in [4.69, 9.17) is 0 Å². The van der Waals surface area contributed by atoms with E-state index >= 15 is 0 Å². The Morgan fingerprint density at radius 2 is 1.85 bits per heavy atom. The van der Waals surface area contributed by atoms with E-state index in [1.165, 1.54) is 0 Å². The Hall–Kier alpha value is -1.60. The fourth-order valence-electron chi connectivity index (χ4n) is 1.98. The number of alkyl halides is 5. The zero-order chi connectivity index (χ0) is 15.1. The molecule has 0 fully saturated rings. The van der Waals surface area contributed by atoms with E-state index in [9.17, 15) is 26.3 Å². The second-order valence-corrected chi connectivity index (χ2v) is 4.55. The van der Waals surface area contributed by atoms with Crippen LogP contribution in [-0.2, 0) is 0 Å². The maximum Gasteiger partial charge on any atom is 0.453 e. The summed E-state index contributed by atoms with van der Waals surface area (Å²) in [7, 11) is 0. The van der Waals surface area contributed by atoms with Crippen LogP contribution in [0.2, 0.25) is 0 Å². The molecule has 0 aromatic carbocycles. The quantitative estimate of drug-likeness (QED) is 0.772. The molecule has 1 aromatic heterocycles. The normalized spacial score (nSPS) is 18.9. The van der Waals surface area contributed by atoms with Crippen molar-refractivity contribution in [3.05, 3.63) is 29.3 Å². The molecule has 1 atom stereocenters. The van der Waals surface area contributed by atoms with Crippen LogP contribution in [0.25, 0.3) is 0 Å². The van der Waals surface area contributed by atoms with E-state index in [0.717, 1.165) is 12.3 Å².